The standard InChI is InChI=1S/C21H21NO4S/c1-25-16-11-14(12-17(13-16)26-2)10-15(6-5-9-20(23)24)21-22-18-7-3-4-8-19(18)27-21/h3-4,7-8,10-13H,5-6,9H2,1-2H3,(H,23,24)/b15-10+. The highest BCUT2D eigenvalue weighted by Gasteiger charge is 2.11. The molecule has 3 rings (SSSR count). The molecule has 2 aromatic carbocycles. The summed E-state index contributed by atoms with van der Waals surface area (Å²) in [6.45, 7) is 0. The number of carbonyl (C=O) groups is 1. The second-order valence-electron chi connectivity index (χ2n) is 6.05. The molecule has 0 radical (unpaired) electrons. The number of nitrogens with zero attached hydrogens (tertiary/aromatic N) is 1. The van der Waals surface area contributed by atoms with Crippen molar-refractivity contribution in [3.05, 3.63) is 53.0 Å². The van der Waals surface area contributed by atoms with E-state index in [0.29, 0.717) is 24.3 Å². The van der Waals surface area contributed by atoms with E-state index in [4.69, 9.17) is 19.6 Å². The number of hydrogen-bond acceptors (Lipinski definition) is 5. The van der Waals surface area contributed by atoms with Crippen LogP contribution in [0, 0.1) is 0 Å². The lowest BCUT2D eigenvalue weighted by Crippen LogP contribution is -1.95. The van der Waals surface area contributed by atoms with Crippen LogP contribution in [-0.2, 0) is 4.79 Å². The average Bonchev–Trinajstić information content (AvgIpc) is 3.10. The van der Waals surface area contributed by atoms with Crippen LogP contribution in [0.1, 0.15) is 29.8 Å². The van der Waals surface area contributed by atoms with Crippen LogP contribution in [0.15, 0.2) is 42.5 Å². The number of carboxylic acid groups (broad SMARTS) is 1. The van der Waals surface area contributed by atoms with Gasteiger partial charge in [0.2, 0.25) is 0 Å². The number of benzene rings is 2. The summed E-state index contributed by atoms with van der Waals surface area (Å²) in [5.41, 5.74) is 2.88. The molecule has 0 amide bonds. The van der Waals surface area contributed by atoms with Gasteiger partial charge < -0.3 is 14.6 Å². The number of aromatic nitrogens is 1. The van der Waals surface area contributed by atoms with Gasteiger partial charge in [-0.3, -0.25) is 4.79 Å². The fourth-order valence-electron chi connectivity index (χ4n) is 2.79. The number of allylic oxidation sites excluding steroid dienone is 1. The highest BCUT2D eigenvalue weighted by Crippen LogP contribution is 2.32. The second-order valence-corrected chi connectivity index (χ2v) is 7.08. The SMILES string of the molecule is COc1cc(/C=C(\CCCC(=O)O)c2nc3ccccc3s2)cc(OC)c1. The number of carboxylic acids is 1. The van der Waals surface area contributed by atoms with E-state index in [1.54, 1.807) is 25.6 Å². The van der Waals surface area contributed by atoms with Crippen molar-refractivity contribution in [2.45, 2.75) is 19.3 Å². The molecule has 0 aliphatic heterocycles. The van der Waals surface area contributed by atoms with Crippen molar-refractivity contribution in [1.29, 1.82) is 0 Å². The number of aliphatic carboxylic acids is 1. The molecular weight excluding hydrogens is 362 g/mol. The van der Waals surface area contributed by atoms with Crippen molar-refractivity contribution in [3.8, 4) is 11.5 Å². The Bertz CT molecular complexity index is 922. The van der Waals surface area contributed by atoms with Crippen LogP contribution in [0.5, 0.6) is 11.5 Å². The summed E-state index contributed by atoms with van der Waals surface area (Å²) in [7, 11) is 3.23. The molecule has 140 valence electrons. The summed E-state index contributed by atoms with van der Waals surface area (Å²) in [5.74, 6) is 0.617. The second kappa shape index (κ2) is 8.68. The first-order valence-corrected chi connectivity index (χ1v) is 9.42. The van der Waals surface area contributed by atoms with Gasteiger partial charge >= 0.3 is 5.97 Å². The number of hydrogen-bond donors (Lipinski definition) is 1. The molecule has 0 atom stereocenters. The van der Waals surface area contributed by atoms with Crippen LogP contribution in [0.4, 0.5) is 0 Å². The van der Waals surface area contributed by atoms with Crippen molar-refractivity contribution in [2.75, 3.05) is 14.2 Å². The van der Waals surface area contributed by atoms with Gasteiger partial charge in [0.15, 0.2) is 0 Å². The molecule has 6 heteroatoms. The van der Waals surface area contributed by atoms with Crippen molar-refractivity contribution < 1.29 is 19.4 Å². The van der Waals surface area contributed by atoms with Gasteiger partial charge in [0.25, 0.3) is 0 Å². The molecule has 0 saturated carbocycles. The molecule has 27 heavy (non-hydrogen) atoms. The van der Waals surface area contributed by atoms with E-state index in [0.717, 1.165) is 26.4 Å². The predicted molar refractivity (Wildman–Crippen MR) is 109 cm³/mol. The highest BCUT2D eigenvalue weighted by atomic mass is 32.1. The van der Waals surface area contributed by atoms with E-state index in [1.165, 1.54) is 0 Å². The smallest absolute Gasteiger partial charge is 0.303 e. The zero-order chi connectivity index (χ0) is 19.2. The Hall–Kier alpha value is -2.86. The van der Waals surface area contributed by atoms with Crippen molar-refractivity contribution in [3.63, 3.8) is 0 Å². The molecule has 0 fully saturated rings. The maximum Gasteiger partial charge on any atom is 0.303 e. The average molecular weight is 383 g/mol. The van der Waals surface area contributed by atoms with Gasteiger partial charge in [0.05, 0.1) is 24.4 Å². The lowest BCUT2D eigenvalue weighted by atomic mass is 10.0. The lowest BCUT2D eigenvalue weighted by molar-refractivity contribution is -0.137. The molecule has 0 saturated heterocycles. The number of thiazole rings is 1. The Labute approximate surface area is 161 Å². The van der Waals surface area contributed by atoms with Crippen molar-refractivity contribution in [1.82, 2.24) is 4.98 Å². The third kappa shape index (κ3) is 4.86. The van der Waals surface area contributed by atoms with Crippen LogP contribution in [0.2, 0.25) is 0 Å². The van der Waals surface area contributed by atoms with Crippen LogP contribution in [-0.4, -0.2) is 30.3 Å². The van der Waals surface area contributed by atoms with Crippen LogP contribution < -0.4 is 9.47 Å². The Morgan fingerprint density at radius 1 is 1.11 bits per heavy atom. The molecule has 1 heterocycles. The Morgan fingerprint density at radius 3 is 2.44 bits per heavy atom. The fraction of sp³-hybridized carbons (Fsp3) is 0.238. The van der Waals surface area contributed by atoms with Crippen LogP contribution >= 0.6 is 11.3 Å². The number of fused-ring (bicyclic) bond motifs is 1. The molecular formula is C21H21NO4S. The first-order valence-electron chi connectivity index (χ1n) is 8.60. The number of rotatable bonds is 8. The Balaban J connectivity index is 2.00. The van der Waals surface area contributed by atoms with E-state index >= 15 is 0 Å². The monoisotopic (exact) mass is 383 g/mol. The van der Waals surface area contributed by atoms with E-state index in [9.17, 15) is 4.79 Å². The van der Waals surface area contributed by atoms with E-state index in [2.05, 4.69) is 0 Å². The molecule has 0 spiro atoms. The van der Waals surface area contributed by atoms with Gasteiger partial charge in [-0.1, -0.05) is 12.1 Å². The minimum absolute atomic E-state index is 0.129. The third-order valence-corrected chi connectivity index (χ3v) is 5.23. The molecule has 5 nitrogen and oxygen atoms in total. The van der Waals surface area contributed by atoms with Crippen LogP contribution in [0.25, 0.3) is 21.9 Å². The molecule has 1 aromatic heterocycles. The number of ether oxygens (including phenoxy) is 2. The molecule has 3 aromatic rings. The fourth-order valence-corrected chi connectivity index (χ4v) is 3.80. The van der Waals surface area contributed by atoms with Gasteiger partial charge in [-0.2, -0.15) is 0 Å². The summed E-state index contributed by atoms with van der Waals surface area (Å²) >= 11 is 1.61. The van der Waals surface area contributed by atoms with Gasteiger partial charge in [0, 0.05) is 12.5 Å². The van der Waals surface area contributed by atoms with E-state index in [1.807, 2.05) is 48.5 Å². The van der Waals surface area contributed by atoms with Crippen LogP contribution in [0.3, 0.4) is 0 Å². The molecule has 0 unspecified atom stereocenters. The topological polar surface area (TPSA) is 68.7 Å². The molecule has 0 bridgehead atoms. The zero-order valence-corrected chi connectivity index (χ0v) is 16.1. The Kier molecular flexibility index (Phi) is 6.08. The van der Waals surface area contributed by atoms with E-state index in [-0.39, 0.29) is 6.42 Å². The van der Waals surface area contributed by atoms with E-state index < -0.39 is 5.97 Å². The minimum Gasteiger partial charge on any atom is -0.497 e. The normalized spacial score (nSPS) is 11.6. The van der Waals surface area contributed by atoms with Gasteiger partial charge in [-0.15, -0.1) is 11.3 Å². The molecule has 0 aliphatic carbocycles. The summed E-state index contributed by atoms with van der Waals surface area (Å²) in [6.07, 6.45) is 3.35. The first kappa shape index (κ1) is 18.9. The Morgan fingerprint density at radius 2 is 1.81 bits per heavy atom. The third-order valence-electron chi connectivity index (χ3n) is 4.12. The first-order chi connectivity index (χ1) is 13.1. The summed E-state index contributed by atoms with van der Waals surface area (Å²) in [4.78, 5) is 15.7. The summed E-state index contributed by atoms with van der Waals surface area (Å²) in [6, 6.07) is 13.6. The van der Waals surface area contributed by atoms with Gasteiger partial charge in [-0.25, -0.2) is 4.98 Å². The van der Waals surface area contributed by atoms with Gasteiger partial charge in [0.1, 0.15) is 16.5 Å². The summed E-state index contributed by atoms with van der Waals surface area (Å²) in [5, 5.41) is 9.88. The van der Waals surface area contributed by atoms with Gasteiger partial charge in [-0.05, 0) is 54.3 Å². The lowest BCUT2D eigenvalue weighted by Gasteiger charge is -2.08. The zero-order valence-electron chi connectivity index (χ0n) is 15.3. The number of methoxy groups -OCH3 is 2. The maximum atomic E-state index is 10.9. The number of para-hydroxylation sites is 1. The maximum absolute atomic E-state index is 10.9. The van der Waals surface area contributed by atoms with Crippen molar-refractivity contribution >= 4 is 39.2 Å². The molecule has 0 aliphatic rings. The predicted octanol–water partition coefficient (Wildman–Crippen LogP) is 5.11. The molecule has 1 N–H and O–H groups in total. The quantitative estimate of drug-likeness (QED) is 0.585. The highest BCUT2D eigenvalue weighted by molar-refractivity contribution is 7.19. The largest absolute Gasteiger partial charge is 0.497 e. The summed E-state index contributed by atoms with van der Waals surface area (Å²) < 4.78 is 11.8. The minimum atomic E-state index is -0.790. The van der Waals surface area contributed by atoms with Crippen molar-refractivity contribution in [2.24, 2.45) is 0 Å².